The van der Waals surface area contributed by atoms with Crippen molar-refractivity contribution in [3.63, 3.8) is 0 Å². The van der Waals surface area contributed by atoms with Gasteiger partial charge in [-0.1, -0.05) is 30.3 Å². The maximum absolute atomic E-state index is 12.5. The minimum absolute atomic E-state index is 0.0405. The maximum atomic E-state index is 12.5. The van der Waals surface area contributed by atoms with Gasteiger partial charge in [0.2, 0.25) is 5.91 Å². The molecule has 0 radical (unpaired) electrons. The lowest BCUT2D eigenvalue weighted by Gasteiger charge is -2.36. The predicted octanol–water partition coefficient (Wildman–Crippen LogP) is 0.665. The first kappa shape index (κ1) is 19.2. The summed E-state index contributed by atoms with van der Waals surface area (Å²) in [5.41, 5.74) is 1.28. The lowest BCUT2D eigenvalue weighted by molar-refractivity contribution is -0.134. The van der Waals surface area contributed by atoms with Gasteiger partial charge in [-0.3, -0.25) is 9.69 Å². The average molecular weight is 348 g/mol. The third-order valence-electron chi connectivity index (χ3n) is 4.24. The van der Waals surface area contributed by atoms with Crippen molar-refractivity contribution in [2.24, 2.45) is 0 Å². The first-order chi connectivity index (χ1) is 12.1. The lowest BCUT2D eigenvalue weighted by Crippen LogP contribution is -2.55. The first-order valence-electron chi connectivity index (χ1n) is 8.68. The number of nitrogens with zero attached hydrogens (tertiary/aromatic N) is 2. The molecule has 1 saturated heterocycles. The molecule has 2 N–H and O–H groups in total. The molecule has 0 spiro atoms. The van der Waals surface area contributed by atoms with E-state index in [1.54, 1.807) is 14.0 Å². The Hall–Kier alpha value is -2.12. The van der Waals surface area contributed by atoms with Crippen molar-refractivity contribution in [2.75, 3.05) is 46.4 Å². The molecule has 0 unspecified atom stereocenters. The molecule has 25 heavy (non-hydrogen) atoms. The Morgan fingerprint density at radius 2 is 1.84 bits per heavy atom. The predicted molar refractivity (Wildman–Crippen MR) is 96.2 cm³/mol. The zero-order valence-corrected chi connectivity index (χ0v) is 15.0. The minimum atomic E-state index is -0.539. The number of rotatable bonds is 7. The van der Waals surface area contributed by atoms with Crippen molar-refractivity contribution in [1.29, 1.82) is 0 Å². The Morgan fingerprint density at radius 3 is 2.48 bits per heavy atom. The average Bonchev–Trinajstić information content (AvgIpc) is 2.63. The van der Waals surface area contributed by atoms with Crippen LogP contribution >= 0.6 is 0 Å². The summed E-state index contributed by atoms with van der Waals surface area (Å²) in [6, 6.07) is 9.45. The molecule has 1 aromatic carbocycles. The number of hydrogen-bond donors (Lipinski definition) is 2. The Kier molecular flexibility index (Phi) is 7.69. The molecule has 1 aromatic rings. The molecule has 1 heterocycles. The highest BCUT2D eigenvalue weighted by molar-refractivity contribution is 5.86. The van der Waals surface area contributed by atoms with E-state index < -0.39 is 6.04 Å². The number of methoxy groups -OCH3 is 1. The number of hydrogen-bond acceptors (Lipinski definition) is 4. The number of ether oxygens (including phenoxy) is 1. The highest BCUT2D eigenvalue weighted by Gasteiger charge is 2.25. The fourth-order valence-corrected chi connectivity index (χ4v) is 2.82. The smallest absolute Gasteiger partial charge is 0.315 e. The molecule has 2 rings (SSSR count). The van der Waals surface area contributed by atoms with Crippen molar-refractivity contribution < 1.29 is 14.3 Å². The topological polar surface area (TPSA) is 73.9 Å². The standard InChI is InChI=1S/C18H28N4O3/c1-15(20-18(24)19-8-13-25-2)17(23)22-11-9-21(10-12-22)14-16-6-4-3-5-7-16/h3-7,15H,8-14H2,1-2H3,(H2,19,20,24)/t15-/m0/s1. The summed E-state index contributed by atoms with van der Waals surface area (Å²) < 4.78 is 4.87. The van der Waals surface area contributed by atoms with Crippen LogP contribution < -0.4 is 10.6 Å². The van der Waals surface area contributed by atoms with Gasteiger partial charge in [0.05, 0.1) is 6.61 Å². The number of benzene rings is 1. The molecular formula is C18H28N4O3. The van der Waals surface area contributed by atoms with Crippen molar-refractivity contribution in [3.8, 4) is 0 Å². The second-order valence-electron chi connectivity index (χ2n) is 6.20. The second-order valence-corrected chi connectivity index (χ2v) is 6.20. The van der Waals surface area contributed by atoms with Crippen LogP contribution in [-0.4, -0.2) is 74.2 Å². The van der Waals surface area contributed by atoms with E-state index in [2.05, 4.69) is 27.7 Å². The van der Waals surface area contributed by atoms with Gasteiger partial charge in [-0.05, 0) is 12.5 Å². The van der Waals surface area contributed by atoms with Gasteiger partial charge >= 0.3 is 6.03 Å². The van der Waals surface area contributed by atoms with Crippen LogP contribution in [-0.2, 0) is 16.1 Å². The number of piperazine rings is 1. The van der Waals surface area contributed by atoms with Crippen LogP contribution in [0.2, 0.25) is 0 Å². The zero-order valence-electron chi connectivity index (χ0n) is 15.0. The molecule has 7 heteroatoms. The molecular weight excluding hydrogens is 320 g/mol. The van der Waals surface area contributed by atoms with Crippen LogP contribution in [0.4, 0.5) is 4.79 Å². The zero-order chi connectivity index (χ0) is 18.1. The number of urea groups is 1. The van der Waals surface area contributed by atoms with Crippen LogP contribution in [0.3, 0.4) is 0 Å². The fourth-order valence-electron chi connectivity index (χ4n) is 2.82. The fraction of sp³-hybridized carbons (Fsp3) is 0.556. The summed E-state index contributed by atoms with van der Waals surface area (Å²) in [5.74, 6) is -0.0405. The Bertz CT molecular complexity index is 545. The van der Waals surface area contributed by atoms with E-state index in [-0.39, 0.29) is 11.9 Å². The molecule has 0 bridgehead atoms. The molecule has 0 saturated carbocycles. The van der Waals surface area contributed by atoms with Crippen molar-refractivity contribution in [1.82, 2.24) is 20.4 Å². The van der Waals surface area contributed by atoms with Crippen LogP contribution in [0.1, 0.15) is 12.5 Å². The van der Waals surface area contributed by atoms with Crippen LogP contribution in [0, 0.1) is 0 Å². The molecule has 1 aliphatic heterocycles. The van der Waals surface area contributed by atoms with Crippen molar-refractivity contribution in [3.05, 3.63) is 35.9 Å². The highest BCUT2D eigenvalue weighted by Crippen LogP contribution is 2.09. The van der Waals surface area contributed by atoms with Gasteiger partial charge in [0, 0.05) is 46.4 Å². The van der Waals surface area contributed by atoms with E-state index in [1.165, 1.54) is 5.56 Å². The van der Waals surface area contributed by atoms with Gasteiger partial charge in [0.1, 0.15) is 6.04 Å². The number of nitrogens with one attached hydrogen (secondary N) is 2. The van der Waals surface area contributed by atoms with E-state index in [1.807, 2.05) is 23.1 Å². The second kappa shape index (κ2) is 10.0. The Labute approximate surface area is 149 Å². The first-order valence-corrected chi connectivity index (χ1v) is 8.68. The molecule has 0 aromatic heterocycles. The lowest BCUT2D eigenvalue weighted by atomic mass is 10.2. The van der Waals surface area contributed by atoms with Gasteiger partial charge in [0.25, 0.3) is 0 Å². The SMILES string of the molecule is COCCNC(=O)N[C@@H](C)C(=O)N1CCN(Cc2ccccc2)CC1. The molecule has 1 fully saturated rings. The summed E-state index contributed by atoms with van der Waals surface area (Å²) in [5, 5.41) is 5.33. The van der Waals surface area contributed by atoms with Crippen molar-refractivity contribution in [2.45, 2.75) is 19.5 Å². The van der Waals surface area contributed by atoms with E-state index >= 15 is 0 Å². The highest BCUT2D eigenvalue weighted by atomic mass is 16.5. The minimum Gasteiger partial charge on any atom is -0.383 e. The summed E-state index contributed by atoms with van der Waals surface area (Å²) in [4.78, 5) is 28.3. The van der Waals surface area contributed by atoms with Gasteiger partial charge < -0.3 is 20.3 Å². The number of amides is 3. The third kappa shape index (κ3) is 6.36. The molecule has 7 nitrogen and oxygen atoms in total. The summed E-state index contributed by atoms with van der Waals surface area (Å²) in [6.07, 6.45) is 0. The monoisotopic (exact) mass is 348 g/mol. The Balaban J connectivity index is 1.72. The summed E-state index contributed by atoms with van der Waals surface area (Å²) in [7, 11) is 1.57. The van der Waals surface area contributed by atoms with E-state index in [0.717, 1.165) is 19.6 Å². The third-order valence-corrected chi connectivity index (χ3v) is 4.24. The molecule has 0 aliphatic carbocycles. The van der Waals surface area contributed by atoms with Gasteiger partial charge in [-0.25, -0.2) is 4.79 Å². The van der Waals surface area contributed by atoms with Crippen LogP contribution in [0.25, 0.3) is 0 Å². The van der Waals surface area contributed by atoms with Gasteiger partial charge in [-0.2, -0.15) is 0 Å². The van der Waals surface area contributed by atoms with E-state index in [9.17, 15) is 9.59 Å². The summed E-state index contributed by atoms with van der Waals surface area (Å²) in [6.45, 7) is 6.53. The molecule has 1 atom stereocenters. The maximum Gasteiger partial charge on any atom is 0.315 e. The van der Waals surface area contributed by atoms with E-state index in [0.29, 0.717) is 26.2 Å². The van der Waals surface area contributed by atoms with E-state index in [4.69, 9.17) is 4.74 Å². The summed E-state index contributed by atoms with van der Waals surface area (Å²) >= 11 is 0. The van der Waals surface area contributed by atoms with Gasteiger partial charge in [-0.15, -0.1) is 0 Å². The number of carbonyl (C=O) groups excluding carboxylic acids is 2. The molecule has 138 valence electrons. The molecule has 3 amide bonds. The van der Waals surface area contributed by atoms with Crippen LogP contribution in [0.5, 0.6) is 0 Å². The number of carbonyl (C=O) groups is 2. The largest absolute Gasteiger partial charge is 0.383 e. The van der Waals surface area contributed by atoms with Gasteiger partial charge in [0.15, 0.2) is 0 Å². The molecule has 1 aliphatic rings. The Morgan fingerprint density at radius 1 is 1.16 bits per heavy atom. The van der Waals surface area contributed by atoms with Crippen molar-refractivity contribution >= 4 is 11.9 Å². The van der Waals surface area contributed by atoms with Crippen LogP contribution in [0.15, 0.2) is 30.3 Å². The normalized spacial score (nSPS) is 16.3. The quantitative estimate of drug-likeness (QED) is 0.710.